The van der Waals surface area contributed by atoms with Crippen molar-refractivity contribution in [1.82, 2.24) is 0 Å². The molecule has 106 valence electrons. The van der Waals surface area contributed by atoms with Crippen molar-refractivity contribution in [2.24, 2.45) is 5.14 Å². The van der Waals surface area contributed by atoms with Gasteiger partial charge in [0.25, 0.3) is 0 Å². The van der Waals surface area contributed by atoms with E-state index in [4.69, 9.17) is 15.0 Å². The zero-order valence-corrected chi connectivity index (χ0v) is 11.4. The summed E-state index contributed by atoms with van der Waals surface area (Å²) in [5.41, 5.74) is -0.206. The standard InChI is InChI=1S/C12H17NO5S/c1-2-3-4-7-18-11-6-5-9(19(13,16)17)8-10(11)12(14)15/h5-6,8H,2-4,7H2,1H3,(H,14,15)(H2,13,16,17). The summed E-state index contributed by atoms with van der Waals surface area (Å²) in [6.07, 6.45) is 2.82. The summed E-state index contributed by atoms with van der Waals surface area (Å²) in [4.78, 5) is 10.8. The van der Waals surface area contributed by atoms with Crippen molar-refractivity contribution < 1.29 is 23.1 Å². The van der Waals surface area contributed by atoms with E-state index in [-0.39, 0.29) is 16.2 Å². The molecule has 0 heterocycles. The Morgan fingerprint density at radius 2 is 2.05 bits per heavy atom. The number of aromatic carboxylic acids is 1. The fraction of sp³-hybridized carbons (Fsp3) is 0.417. The van der Waals surface area contributed by atoms with Crippen LogP contribution in [-0.2, 0) is 10.0 Å². The Kier molecular flexibility index (Phi) is 5.31. The van der Waals surface area contributed by atoms with Crippen molar-refractivity contribution in [3.05, 3.63) is 23.8 Å². The van der Waals surface area contributed by atoms with Crippen molar-refractivity contribution in [2.45, 2.75) is 31.1 Å². The summed E-state index contributed by atoms with van der Waals surface area (Å²) in [5, 5.41) is 14.0. The van der Waals surface area contributed by atoms with Gasteiger partial charge in [0.05, 0.1) is 11.5 Å². The number of hydrogen-bond donors (Lipinski definition) is 2. The van der Waals surface area contributed by atoms with E-state index in [0.717, 1.165) is 25.3 Å². The lowest BCUT2D eigenvalue weighted by Gasteiger charge is -2.10. The molecule has 1 rings (SSSR count). The maximum Gasteiger partial charge on any atom is 0.339 e. The van der Waals surface area contributed by atoms with Gasteiger partial charge in [0.15, 0.2) is 0 Å². The van der Waals surface area contributed by atoms with Gasteiger partial charge in [-0.25, -0.2) is 18.4 Å². The van der Waals surface area contributed by atoms with Gasteiger partial charge in [-0.15, -0.1) is 0 Å². The lowest BCUT2D eigenvalue weighted by atomic mass is 10.2. The highest BCUT2D eigenvalue weighted by Gasteiger charge is 2.16. The third-order valence-electron chi connectivity index (χ3n) is 2.52. The topological polar surface area (TPSA) is 107 Å². The molecule has 0 spiro atoms. The van der Waals surface area contributed by atoms with Crippen LogP contribution in [0.2, 0.25) is 0 Å². The molecular formula is C12H17NO5S. The second kappa shape index (κ2) is 6.53. The first kappa shape index (κ1) is 15.5. The van der Waals surface area contributed by atoms with Crippen LogP contribution < -0.4 is 9.88 Å². The maximum atomic E-state index is 11.2. The van der Waals surface area contributed by atoms with Gasteiger partial charge < -0.3 is 9.84 Å². The lowest BCUT2D eigenvalue weighted by molar-refractivity contribution is 0.0692. The molecule has 0 bridgehead atoms. The van der Waals surface area contributed by atoms with Crippen LogP contribution in [0.5, 0.6) is 5.75 Å². The number of carboxylic acid groups (broad SMARTS) is 1. The average Bonchev–Trinajstić information content (AvgIpc) is 2.33. The number of unbranched alkanes of at least 4 members (excludes halogenated alkanes) is 2. The van der Waals surface area contributed by atoms with Crippen molar-refractivity contribution in [3.63, 3.8) is 0 Å². The van der Waals surface area contributed by atoms with Crippen LogP contribution in [0.25, 0.3) is 0 Å². The van der Waals surface area contributed by atoms with Crippen molar-refractivity contribution in [3.8, 4) is 5.75 Å². The Balaban J connectivity index is 2.96. The molecule has 0 amide bonds. The van der Waals surface area contributed by atoms with Gasteiger partial charge in [-0.05, 0) is 24.6 Å². The first-order chi connectivity index (χ1) is 8.86. The summed E-state index contributed by atoms with van der Waals surface area (Å²) >= 11 is 0. The second-order valence-electron chi connectivity index (χ2n) is 4.06. The van der Waals surface area contributed by atoms with Gasteiger partial charge in [-0.2, -0.15) is 0 Å². The highest BCUT2D eigenvalue weighted by Crippen LogP contribution is 2.22. The number of nitrogens with two attached hydrogens (primary N) is 1. The first-order valence-corrected chi connectivity index (χ1v) is 7.44. The average molecular weight is 287 g/mol. The van der Waals surface area contributed by atoms with Crippen LogP contribution in [0.15, 0.2) is 23.1 Å². The molecule has 0 aliphatic carbocycles. The molecule has 1 aromatic carbocycles. The Hall–Kier alpha value is -1.60. The minimum absolute atomic E-state index is 0.149. The Bertz CT molecular complexity index is 553. The van der Waals surface area contributed by atoms with E-state index in [2.05, 4.69) is 0 Å². The normalized spacial score (nSPS) is 11.3. The van der Waals surface area contributed by atoms with E-state index in [0.29, 0.717) is 6.61 Å². The Morgan fingerprint density at radius 3 is 2.58 bits per heavy atom. The molecule has 1 aromatic rings. The molecule has 0 radical (unpaired) electrons. The second-order valence-corrected chi connectivity index (χ2v) is 5.63. The molecule has 0 saturated carbocycles. The molecular weight excluding hydrogens is 270 g/mol. The number of rotatable bonds is 7. The minimum atomic E-state index is -3.92. The Morgan fingerprint density at radius 1 is 1.37 bits per heavy atom. The minimum Gasteiger partial charge on any atom is -0.493 e. The summed E-state index contributed by atoms with van der Waals surface area (Å²) in [5.74, 6) is -1.10. The van der Waals surface area contributed by atoms with E-state index in [9.17, 15) is 13.2 Å². The number of ether oxygens (including phenoxy) is 1. The van der Waals surface area contributed by atoms with Crippen molar-refractivity contribution >= 4 is 16.0 Å². The molecule has 0 fully saturated rings. The fourth-order valence-corrected chi connectivity index (χ4v) is 2.05. The van der Waals surface area contributed by atoms with Crippen LogP contribution in [0.1, 0.15) is 36.5 Å². The van der Waals surface area contributed by atoms with Crippen LogP contribution in [-0.4, -0.2) is 26.1 Å². The van der Waals surface area contributed by atoms with Gasteiger partial charge >= 0.3 is 5.97 Å². The summed E-state index contributed by atoms with van der Waals surface area (Å²) in [6, 6.07) is 3.55. The van der Waals surface area contributed by atoms with E-state index in [1.165, 1.54) is 12.1 Å². The molecule has 0 saturated heterocycles. The zero-order valence-electron chi connectivity index (χ0n) is 10.6. The largest absolute Gasteiger partial charge is 0.493 e. The summed E-state index contributed by atoms with van der Waals surface area (Å²) in [6.45, 7) is 2.44. The molecule has 7 heteroatoms. The third kappa shape index (κ3) is 4.53. The van der Waals surface area contributed by atoms with Gasteiger partial charge in [-0.1, -0.05) is 19.8 Å². The SMILES string of the molecule is CCCCCOc1ccc(S(N)(=O)=O)cc1C(=O)O. The van der Waals surface area contributed by atoms with Crippen LogP contribution in [0.4, 0.5) is 0 Å². The van der Waals surface area contributed by atoms with Crippen molar-refractivity contribution in [2.75, 3.05) is 6.61 Å². The van der Waals surface area contributed by atoms with Crippen molar-refractivity contribution in [1.29, 1.82) is 0 Å². The molecule has 0 unspecified atom stereocenters. The van der Waals surface area contributed by atoms with Gasteiger partial charge in [-0.3, -0.25) is 0 Å². The highest BCUT2D eigenvalue weighted by atomic mass is 32.2. The number of sulfonamides is 1. The van der Waals surface area contributed by atoms with Gasteiger partial charge in [0.2, 0.25) is 10.0 Å². The molecule has 0 aliphatic heterocycles. The van der Waals surface area contributed by atoms with E-state index >= 15 is 0 Å². The van der Waals surface area contributed by atoms with E-state index in [1.54, 1.807) is 0 Å². The molecule has 0 atom stereocenters. The molecule has 6 nitrogen and oxygen atoms in total. The quantitative estimate of drug-likeness (QED) is 0.741. The van der Waals surface area contributed by atoms with Gasteiger partial charge in [0.1, 0.15) is 11.3 Å². The smallest absolute Gasteiger partial charge is 0.339 e. The molecule has 3 N–H and O–H groups in total. The number of carboxylic acids is 1. The fourth-order valence-electron chi connectivity index (χ4n) is 1.51. The zero-order chi connectivity index (χ0) is 14.5. The van der Waals surface area contributed by atoms with Crippen LogP contribution in [0, 0.1) is 0 Å². The van der Waals surface area contributed by atoms with E-state index in [1.807, 2.05) is 6.92 Å². The Labute approximate surface area is 112 Å². The summed E-state index contributed by atoms with van der Waals surface area (Å²) in [7, 11) is -3.92. The van der Waals surface area contributed by atoms with Gasteiger partial charge in [0, 0.05) is 0 Å². The highest BCUT2D eigenvalue weighted by molar-refractivity contribution is 7.89. The number of carbonyl (C=O) groups is 1. The predicted octanol–water partition coefficient (Wildman–Crippen LogP) is 1.60. The monoisotopic (exact) mass is 287 g/mol. The van der Waals surface area contributed by atoms with Crippen LogP contribution in [0.3, 0.4) is 0 Å². The number of primary sulfonamides is 1. The molecule has 0 aliphatic rings. The third-order valence-corrected chi connectivity index (χ3v) is 3.43. The summed E-state index contributed by atoms with van der Waals surface area (Å²) < 4.78 is 27.7. The maximum absolute atomic E-state index is 11.2. The number of hydrogen-bond acceptors (Lipinski definition) is 4. The lowest BCUT2D eigenvalue weighted by Crippen LogP contribution is -2.14. The van der Waals surface area contributed by atoms with E-state index < -0.39 is 16.0 Å². The van der Waals surface area contributed by atoms with Crippen LogP contribution >= 0.6 is 0 Å². The molecule has 0 aromatic heterocycles. The number of benzene rings is 1. The first-order valence-electron chi connectivity index (χ1n) is 5.89. The molecule has 19 heavy (non-hydrogen) atoms. The predicted molar refractivity (Wildman–Crippen MR) is 69.8 cm³/mol.